The lowest BCUT2D eigenvalue weighted by molar-refractivity contribution is -0.146. The molecule has 1 atom stereocenters. The van der Waals surface area contributed by atoms with Gasteiger partial charge in [-0.2, -0.15) is 0 Å². The van der Waals surface area contributed by atoms with Crippen molar-refractivity contribution in [2.24, 2.45) is 0 Å². The second kappa shape index (κ2) is 7.72. The quantitative estimate of drug-likeness (QED) is 0.824. The number of morpholine rings is 1. The summed E-state index contributed by atoms with van der Waals surface area (Å²) >= 11 is 0. The molecule has 0 unspecified atom stereocenters. The third-order valence-electron chi connectivity index (χ3n) is 4.95. The molecule has 2 aliphatic heterocycles. The molecule has 2 aliphatic rings. The van der Waals surface area contributed by atoms with Crippen LogP contribution >= 0.6 is 0 Å². The normalized spacial score (nSPS) is 24.2. The van der Waals surface area contributed by atoms with Gasteiger partial charge in [0.1, 0.15) is 18.0 Å². The summed E-state index contributed by atoms with van der Waals surface area (Å²) in [6, 6.07) is 10.1. The molecule has 1 amide bonds. The number of hydrogen-bond donors (Lipinski definition) is 0. The number of ether oxygens (including phenoxy) is 2. The van der Waals surface area contributed by atoms with Gasteiger partial charge in [-0.05, 0) is 35.9 Å². The maximum atomic E-state index is 13.6. The van der Waals surface area contributed by atoms with E-state index in [1.807, 2.05) is 12.1 Å². The molecule has 0 radical (unpaired) electrons. The van der Waals surface area contributed by atoms with Gasteiger partial charge in [-0.1, -0.05) is 6.07 Å². The lowest BCUT2D eigenvalue weighted by Gasteiger charge is -2.43. The molecule has 4 rings (SSSR count). The van der Waals surface area contributed by atoms with Gasteiger partial charge in [-0.15, -0.1) is 0 Å². The van der Waals surface area contributed by atoms with Gasteiger partial charge in [0.15, 0.2) is 0 Å². The standard InChI is InChI=1S/C20H22FN3O3/c21-17-2-1-3-18(10-17)24-14-20(27-12-19(24)25)13-23(8-9-26-15-20)11-16-4-6-22-7-5-16/h1-7,10H,8-9,11-15H2/t20-/m1/s1. The van der Waals surface area contributed by atoms with Gasteiger partial charge in [-0.3, -0.25) is 14.7 Å². The maximum absolute atomic E-state index is 13.6. The van der Waals surface area contributed by atoms with E-state index in [4.69, 9.17) is 9.47 Å². The second-order valence-corrected chi connectivity index (χ2v) is 7.05. The van der Waals surface area contributed by atoms with Crippen molar-refractivity contribution in [2.45, 2.75) is 12.1 Å². The Bertz CT molecular complexity index is 804. The second-order valence-electron chi connectivity index (χ2n) is 7.05. The summed E-state index contributed by atoms with van der Waals surface area (Å²) in [6.07, 6.45) is 3.56. The summed E-state index contributed by atoms with van der Waals surface area (Å²) in [4.78, 5) is 20.3. The molecule has 7 heteroatoms. The summed E-state index contributed by atoms with van der Waals surface area (Å²) in [5.41, 5.74) is 1.08. The van der Waals surface area contributed by atoms with Gasteiger partial charge in [0.05, 0.1) is 19.8 Å². The number of amides is 1. The largest absolute Gasteiger partial charge is 0.377 e. The van der Waals surface area contributed by atoms with Crippen LogP contribution in [0.15, 0.2) is 48.8 Å². The van der Waals surface area contributed by atoms with E-state index in [1.165, 1.54) is 12.1 Å². The third-order valence-corrected chi connectivity index (χ3v) is 4.95. The molecule has 3 heterocycles. The van der Waals surface area contributed by atoms with Crippen LogP contribution in [0.25, 0.3) is 0 Å². The Labute approximate surface area is 157 Å². The lowest BCUT2D eigenvalue weighted by Crippen LogP contribution is -2.60. The Morgan fingerprint density at radius 2 is 2.04 bits per heavy atom. The molecule has 2 aromatic rings. The van der Waals surface area contributed by atoms with E-state index < -0.39 is 5.60 Å². The highest BCUT2D eigenvalue weighted by Gasteiger charge is 2.43. The Kier molecular flexibility index (Phi) is 5.15. The van der Waals surface area contributed by atoms with Gasteiger partial charge in [0, 0.05) is 37.7 Å². The lowest BCUT2D eigenvalue weighted by atomic mass is 10.0. The first kappa shape index (κ1) is 18.0. The molecule has 0 bridgehead atoms. The Hall–Kier alpha value is -2.35. The summed E-state index contributed by atoms with van der Waals surface area (Å²) in [6.45, 7) is 3.47. The number of carbonyl (C=O) groups excluding carboxylic acids is 1. The number of carbonyl (C=O) groups is 1. The zero-order valence-electron chi connectivity index (χ0n) is 15.0. The molecule has 0 saturated carbocycles. The predicted molar refractivity (Wildman–Crippen MR) is 97.8 cm³/mol. The van der Waals surface area contributed by atoms with Crippen LogP contribution in [-0.2, 0) is 20.8 Å². The van der Waals surface area contributed by atoms with Gasteiger partial charge >= 0.3 is 0 Å². The molecule has 2 fully saturated rings. The van der Waals surface area contributed by atoms with E-state index in [0.29, 0.717) is 32.0 Å². The first-order chi connectivity index (χ1) is 13.1. The number of benzene rings is 1. The molecule has 27 heavy (non-hydrogen) atoms. The highest BCUT2D eigenvalue weighted by Crippen LogP contribution is 2.28. The van der Waals surface area contributed by atoms with Crippen molar-refractivity contribution < 1.29 is 18.7 Å². The maximum Gasteiger partial charge on any atom is 0.253 e. The van der Waals surface area contributed by atoms with Crippen molar-refractivity contribution in [3.63, 3.8) is 0 Å². The minimum atomic E-state index is -0.635. The molecule has 6 nitrogen and oxygen atoms in total. The number of hydrogen-bond acceptors (Lipinski definition) is 5. The molecule has 142 valence electrons. The predicted octanol–water partition coefficient (Wildman–Crippen LogP) is 1.86. The fourth-order valence-corrected chi connectivity index (χ4v) is 3.64. The van der Waals surface area contributed by atoms with Gasteiger partial charge in [-0.25, -0.2) is 4.39 Å². The zero-order valence-corrected chi connectivity index (χ0v) is 15.0. The zero-order chi connectivity index (χ0) is 18.7. The SMILES string of the molecule is O=C1CO[C@@]2(COCCN(Cc3ccncc3)C2)CN1c1cccc(F)c1. The Morgan fingerprint density at radius 1 is 1.19 bits per heavy atom. The van der Waals surface area contributed by atoms with Crippen LogP contribution in [0.3, 0.4) is 0 Å². The van der Waals surface area contributed by atoms with E-state index in [1.54, 1.807) is 29.4 Å². The van der Waals surface area contributed by atoms with Crippen molar-refractivity contribution in [3.8, 4) is 0 Å². The average Bonchev–Trinajstić information content (AvgIpc) is 2.87. The Balaban J connectivity index is 1.54. The first-order valence-corrected chi connectivity index (χ1v) is 9.02. The molecule has 1 spiro atoms. The van der Waals surface area contributed by atoms with E-state index >= 15 is 0 Å². The number of halogens is 1. The minimum absolute atomic E-state index is 0.0387. The summed E-state index contributed by atoms with van der Waals surface area (Å²) in [5.74, 6) is -0.534. The van der Waals surface area contributed by atoms with E-state index in [-0.39, 0.29) is 18.3 Å². The number of aromatic nitrogens is 1. The number of pyridine rings is 1. The van der Waals surface area contributed by atoms with Crippen molar-refractivity contribution in [1.29, 1.82) is 0 Å². The number of nitrogens with zero attached hydrogens (tertiary/aromatic N) is 3. The molecular weight excluding hydrogens is 349 g/mol. The van der Waals surface area contributed by atoms with Crippen LogP contribution in [0, 0.1) is 5.82 Å². The monoisotopic (exact) mass is 371 g/mol. The first-order valence-electron chi connectivity index (χ1n) is 9.02. The topological polar surface area (TPSA) is 54.9 Å². The minimum Gasteiger partial charge on any atom is -0.377 e. The fourth-order valence-electron chi connectivity index (χ4n) is 3.64. The van der Waals surface area contributed by atoms with Crippen molar-refractivity contribution in [1.82, 2.24) is 9.88 Å². The van der Waals surface area contributed by atoms with Gasteiger partial charge in [0.25, 0.3) is 5.91 Å². The van der Waals surface area contributed by atoms with E-state index in [2.05, 4.69) is 9.88 Å². The van der Waals surface area contributed by atoms with Gasteiger partial charge < -0.3 is 14.4 Å². The smallest absolute Gasteiger partial charge is 0.253 e. The van der Waals surface area contributed by atoms with Crippen LogP contribution in [0.4, 0.5) is 10.1 Å². The van der Waals surface area contributed by atoms with E-state index in [0.717, 1.165) is 18.7 Å². The van der Waals surface area contributed by atoms with Crippen LogP contribution in [0.2, 0.25) is 0 Å². The van der Waals surface area contributed by atoms with Crippen LogP contribution in [0.5, 0.6) is 0 Å². The molecular formula is C20H22FN3O3. The summed E-state index contributed by atoms with van der Waals surface area (Å²) in [5, 5.41) is 0. The highest BCUT2D eigenvalue weighted by atomic mass is 19.1. The molecule has 0 aliphatic carbocycles. The highest BCUT2D eigenvalue weighted by molar-refractivity contribution is 5.95. The van der Waals surface area contributed by atoms with E-state index in [9.17, 15) is 9.18 Å². The van der Waals surface area contributed by atoms with Gasteiger partial charge in [0.2, 0.25) is 0 Å². The summed E-state index contributed by atoms with van der Waals surface area (Å²) in [7, 11) is 0. The van der Waals surface area contributed by atoms with Crippen LogP contribution in [-0.4, -0.2) is 60.8 Å². The van der Waals surface area contributed by atoms with Crippen molar-refractivity contribution >= 4 is 11.6 Å². The van der Waals surface area contributed by atoms with Crippen LogP contribution in [0.1, 0.15) is 5.56 Å². The van der Waals surface area contributed by atoms with Crippen molar-refractivity contribution in [3.05, 3.63) is 60.2 Å². The number of rotatable bonds is 3. The summed E-state index contributed by atoms with van der Waals surface area (Å²) < 4.78 is 25.4. The number of anilines is 1. The molecule has 0 N–H and O–H groups in total. The third kappa shape index (κ3) is 4.16. The van der Waals surface area contributed by atoms with Crippen molar-refractivity contribution in [2.75, 3.05) is 44.4 Å². The molecule has 1 aromatic heterocycles. The fraction of sp³-hybridized carbons (Fsp3) is 0.400. The molecule has 2 saturated heterocycles. The average molecular weight is 371 g/mol. The molecule has 1 aromatic carbocycles. The van der Waals surface area contributed by atoms with Crippen LogP contribution < -0.4 is 4.90 Å². The Morgan fingerprint density at radius 3 is 2.85 bits per heavy atom.